The summed E-state index contributed by atoms with van der Waals surface area (Å²) in [5.41, 5.74) is 2.21. The summed E-state index contributed by atoms with van der Waals surface area (Å²) < 4.78 is 0. The molecule has 0 aliphatic heterocycles. The van der Waals surface area contributed by atoms with Crippen molar-refractivity contribution in [3.63, 3.8) is 0 Å². The maximum absolute atomic E-state index is 12.2. The van der Waals surface area contributed by atoms with Crippen LogP contribution in [0.1, 0.15) is 36.2 Å². The molecule has 2 atom stereocenters. The molecule has 2 aromatic rings. The monoisotopic (exact) mass is 299 g/mol. The van der Waals surface area contributed by atoms with Gasteiger partial charge in [0.05, 0.1) is 11.8 Å². The molecule has 3 rings (SSSR count). The number of nitrogens with zero attached hydrogens (tertiary/aromatic N) is 1. The van der Waals surface area contributed by atoms with Gasteiger partial charge >= 0.3 is 0 Å². The molecule has 1 aromatic carbocycles. The minimum absolute atomic E-state index is 0.144. The minimum atomic E-state index is -0.215. The van der Waals surface area contributed by atoms with E-state index >= 15 is 0 Å². The molecule has 3 N–H and O–H groups in total. The van der Waals surface area contributed by atoms with E-state index in [9.17, 15) is 9.90 Å². The van der Waals surface area contributed by atoms with Crippen LogP contribution in [0.15, 0.2) is 36.4 Å². The van der Waals surface area contributed by atoms with Crippen LogP contribution in [-0.2, 0) is 0 Å². The average molecular weight is 299 g/mol. The van der Waals surface area contributed by atoms with Crippen LogP contribution in [-0.4, -0.2) is 33.9 Å². The second-order valence-electron chi connectivity index (χ2n) is 5.93. The Kier molecular flexibility index (Phi) is 4.53. The van der Waals surface area contributed by atoms with Crippen molar-refractivity contribution in [3.05, 3.63) is 42.1 Å². The van der Waals surface area contributed by atoms with Crippen molar-refractivity contribution in [2.75, 3.05) is 6.54 Å². The molecule has 1 aromatic heterocycles. The SMILES string of the molecule is O=C(NCC1CCCC(O)C1)c1cc(-c2ccccc2)n[nH]1. The van der Waals surface area contributed by atoms with Crippen molar-refractivity contribution in [1.29, 1.82) is 0 Å². The molecule has 0 radical (unpaired) electrons. The van der Waals surface area contributed by atoms with Gasteiger partial charge in [-0.3, -0.25) is 9.89 Å². The van der Waals surface area contributed by atoms with Gasteiger partial charge in [-0.05, 0) is 31.2 Å². The standard InChI is InChI=1S/C17H21N3O2/c21-14-8-4-5-12(9-14)11-18-17(22)16-10-15(19-20-16)13-6-2-1-3-7-13/h1-3,6-7,10,12,14,21H,4-5,8-9,11H2,(H,18,22)(H,19,20). The summed E-state index contributed by atoms with van der Waals surface area (Å²) >= 11 is 0. The normalized spacial score (nSPS) is 21.5. The molecule has 0 saturated heterocycles. The van der Waals surface area contributed by atoms with E-state index in [-0.39, 0.29) is 12.0 Å². The van der Waals surface area contributed by atoms with Crippen LogP contribution >= 0.6 is 0 Å². The van der Waals surface area contributed by atoms with Gasteiger partial charge in [-0.15, -0.1) is 0 Å². The van der Waals surface area contributed by atoms with Crippen LogP contribution in [0.2, 0.25) is 0 Å². The third-order valence-electron chi connectivity index (χ3n) is 4.20. The molecule has 1 aliphatic rings. The summed E-state index contributed by atoms with van der Waals surface area (Å²) in [5.74, 6) is 0.221. The van der Waals surface area contributed by atoms with E-state index in [0.717, 1.165) is 36.9 Å². The smallest absolute Gasteiger partial charge is 0.269 e. The third-order valence-corrected chi connectivity index (χ3v) is 4.20. The first-order chi connectivity index (χ1) is 10.7. The number of carbonyl (C=O) groups is 1. The fourth-order valence-electron chi connectivity index (χ4n) is 2.98. The van der Waals surface area contributed by atoms with E-state index in [4.69, 9.17) is 0 Å². The Morgan fingerprint density at radius 2 is 2.14 bits per heavy atom. The first-order valence-corrected chi connectivity index (χ1v) is 7.79. The molecule has 116 valence electrons. The Labute approximate surface area is 129 Å². The lowest BCUT2D eigenvalue weighted by atomic mass is 9.87. The van der Waals surface area contributed by atoms with Gasteiger partial charge in [-0.2, -0.15) is 5.10 Å². The van der Waals surface area contributed by atoms with Gasteiger partial charge in [0.1, 0.15) is 5.69 Å². The summed E-state index contributed by atoms with van der Waals surface area (Å²) in [7, 11) is 0. The van der Waals surface area contributed by atoms with Crippen LogP contribution in [0, 0.1) is 5.92 Å². The second kappa shape index (κ2) is 6.75. The number of hydrogen-bond donors (Lipinski definition) is 3. The number of aliphatic hydroxyl groups is 1. The number of aliphatic hydroxyl groups excluding tert-OH is 1. The number of amides is 1. The molecule has 5 heteroatoms. The highest BCUT2D eigenvalue weighted by atomic mass is 16.3. The fourth-order valence-corrected chi connectivity index (χ4v) is 2.98. The Hall–Kier alpha value is -2.14. The molecule has 2 unspecified atom stereocenters. The van der Waals surface area contributed by atoms with Crippen LogP contribution < -0.4 is 5.32 Å². The van der Waals surface area contributed by atoms with Crippen molar-refractivity contribution >= 4 is 5.91 Å². The summed E-state index contributed by atoms with van der Waals surface area (Å²) in [4.78, 5) is 12.2. The summed E-state index contributed by atoms with van der Waals surface area (Å²) in [6, 6.07) is 11.5. The molecule has 5 nitrogen and oxygen atoms in total. The predicted octanol–water partition coefficient (Wildman–Crippen LogP) is 2.36. The molecular weight excluding hydrogens is 278 g/mol. The molecule has 22 heavy (non-hydrogen) atoms. The van der Waals surface area contributed by atoms with Gasteiger partial charge < -0.3 is 10.4 Å². The van der Waals surface area contributed by atoms with Crippen molar-refractivity contribution in [1.82, 2.24) is 15.5 Å². The van der Waals surface area contributed by atoms with Crippen LogP contribution in [0.5, 0.6) is 0 Å². The predicted molar refractivity (Wildman–Crippen MR) is 84.3 cm³/mol. The fraction of sp³-hybridized carbons (Fsp3) is 0.412. The molecule has 0 bridgehead atoms. The Morgan fingerprint density at radius 1 is 1.32 bits per heavy atom. The molecule has 1 heterocycles. The zero-order valence-electron chi connectivity index (χ0n) is 12.5. The molecule has 0 spiro atoms. The Bertz CT molecular complexity index is 624. The summed E-state index contributed by atoms with van der Waals surface area (Å²) in [5, 5.41) is 19.6. The first-order valence-electron chi connectivity index (χ1n) is 7.79. The first kappa shape index (κ1) is 14.8. The molecular formula is C17H21N3O2. The van der Waals surface area contributed by atoms with E-state index in [1.54, 1.807) is 6.07 Å². The minimum Gasteiger partial charge on any atom is -0.393 e. The van der Waals surface area contributed by atoms with E-state index in [0.29, 0.717) is 18.2 Å². The highest BCUT2D eigenvalue weighted by Crippen LogP contribution is 2.23. The average Bonchev–Trinajstić information content (AvgIpc) is 3.04. The van der Waals surface area contributed by atoms with Crippen molar-refractivity contribution in [3.8, 4) is 11.3 Å². The van der Waals surface area contributed by atoms with Gasteiger partial charge in [0.2, 0.25) is 0 Å². The maximum Gasteiger partial charge on any atom is 0.269 e. The van der Waals surface area contributed by atoms with Gasteiger partial charge in [0, 0.05) is 12.1 Å². The zero-order valence-corrected chi connectivity index (χ0v) is 12.5. The van der Waals surface area contributed by atoms with Crippen LogP contribution in [0.3, 0.4) is 0 Å². The van der Waals surface area contributed by atoms with Gasteiger partial charge in [0.15, 0.2) is 0 Å². The second-order valence-corrected chi connectivity index (χ2v) is 5.93. The Balaban J connectivity index is 1.58. The molecule has 1 amide bonds. The summed E-state index contributed by atoms with van der Waals surface area (Å²) in [6.45, 7) is 0.607. The quantitative estimate of drug-likeness (QED) is 0.811. The number of rotatable bonds is 4. The topological polar surface area (TPSA) is 78.0 Å². The third kappa shape index (κ3) is 3.54. The number of H-pyrrole nitrogens is 1. The number of carbonyl (C=O) groups excluding carboxylic acids is 1. The van der Waals surface area contributed by atoms with Gasteiger partial charge in [0.25, 0.3) is 5.91 Å². The zero-order chi connectivity index (χ0) is 15.4. The number of aromatic nitrogens is 2. The summed E-state index contributed by atoms with van der Waals surface area (Å²) in [6.07, 6.45) is 3.54. The largest absolute Gasteiger partial charge is 0.393 e. The number of hydrogen-bond acceptors (Lipinski definition) is 3. The van der Waals surface area contributed by atoms with Crippen molar-refractivity contribution < 1.29 is 9.90 Å². The van der Waals surface area contributed by atoms with Crippen LogP contribution in [0.25, 0.3) is 11.3 Å². The molecule has 1 aliphatic carbocycles. The van der Waals surface area contributed by atoms with Crippen LogP contribution in [0.4, 0.5) is 0 Å². The Morgan fingerprint density at radius 3 is 2.91 bits per heavy atom. The lowest BCUT2D eigenvalue weighted by Crippen LogP contribution is -2.33. The highest BCUT2D eigenvalue weighted by molar-refractivity contribution is 5.93. The maximum atomic E-state index is 12.2. The highest BCUT2D eigenvalue weighted by Gasteiger charge is 2.21. The lowest BCUT2D eigenvalue weighted by molar-refractivity contribution is 0.0870. The number of aromatic amines is 1. The van der Waals surface area contributed by atoms with E-state index in [1.807, 2.05) is 30.3 Å². The van der Waals surface area contributed by atoms with E-state index in [2.05, 4.69) is 15.5 Å². The van der Waals surface area contributed by atoms with Crippen molar-refractivity contribution in [2.45, 2.75) is 31.8 Å². The molecule has 1 fully saturated rings. The molecule has 1 saturated carbocycles. The lowest BCUT2D eigenvalue weighted by Gasteiger charge is -2.25. The van der Waals surface area contributed by atoms with Gasteiger partial charge in [-0.25, -0.2) is 0 Å². The van der Waals surface area contributed by atoms with E-state index < -0.39 is 0 Å². The van der Waals surface area contributed by atoms with Crippen molar-refractivity contribution in [2.24, 2.45) is 5.92 Å². The number of nitrogens with one attached hydrogen (secondary N) is 2. The van der Waals surface area contributed by atoms with Gasteiger partial charge in [-0.1, -0.05) is 36.8 Å². The number of benzene rings is 1. The van der Waals surface area contributed by atoms with E-state index in [1.165, 1.54) is 0 Å².